The number of nitrogens with zero attached hydrogens (tertiary/aromatic N) is 3. The third kappa shape index (κ3) is 2.25. The number of aromatic nitrogens is 3. The second-order valence-corrected chi connectivity index (χ2v) is 4.56. The molecule has 0 aliphatic rings. The minimum atomic E-state index is -0.381. The van der Waals surface area contributed by atoms with Crippen LogP contribution in [-0.2, 0) is 0 Å². The summed E-state index contributed by atoms with van der Waals surface area (Å²) in [6.45, 7) is 1.73. The number of thiophene rings is 1. The van der Waals surface area contributed by atoms with Gasteiger partial charge in [-0.25, -0.2) is 0 Å². The van der Waals surface area contributed by atoms with Crippen LogP contribution in [0.3, 0.4) is 0 Å². The zero-order valence-electron chi connectivity index (χ0n) is 9.78. The molecule has 96 valence electrons. The Morgan fingerprint density at radius 3 is 2.95 bits per heavy atom. The van der Waals surface area contributed by atoms with Crippen LogP contribution in [0.4, 0.5) is 5.69 Å². The Morgan fingerprint density at radius 2 is 2.26 bits per heavy atom. The van der Waals surface area contributed by atoms with E-state index in [1.54, 1.807) is 13.0 Å². The Morgan fingerprint density at radius 1 is 1.37 bits per heavy atom. The van der Waals surface area contributed by atoms with Crippen LogP contribution in [0.1, 0.15) is 16.4 Å². The molecule has 3 rings (SSSR count). The molecule has 0 aliphatic carbocycles. The van der Waals surface area contributed by atoms with Gasteiger partial charge in [-0.05, 0) is 18.4 Å². The summed E-state index contributed by atoms with van der Waals surface area (Å²) in [5, 5.41) is 11.7. The number of rotatable bonds is 3. The lowest BCUT2D eigenvalue weighted by Gasteiger charge is -2.01. The summed E-state index contributed by atoms with van der Waals surface area (Å²) in [5.41, 5.74) is 0.593. The lowest BCUT2D eigenvalue weighted by molar-refractivity contribution is 0.0988. The largest absolute Gasteiger partial charge is 0.351 e. The van der Waals surface area contributed by atoms with Crippen molar-refractivity contribution in [3.05, 3.63) is 35.3 Å². The molecule has 3 aromatic rings. The summed E-state index contributed by atoms with van der Waals surface area (Å²) in [5.74, 6) is 0.670. The molecule has 0 unspecified atom stereocenters. The number of aryl methyl sites for hydroxylation is 1. The lowest BCUT2D eigenvalue weighted by Crippen LogP contribution is -2.10. The lowest BCUT2D eigenvalue weighted by atomic mass is 10.3. The Bertz CT molecular complexity index is 701. The molecule has 0 saturated heterocycles. The number of hydrogen-bond donors (Lipinski definition) is 1. The Labute approximate surface area is 111 Å². The van der Waals surface area contributed by atoms with Crippen molar-refractivity contribution in [1.82, 2.24) is 15.3 Å². The van der Waals surface area contributed by atoms with E-state index in [1.807, 2.05) is 5.38 Å². The van der Waals surface area contributed by atoms with Gasteiger partial charge in [-0.1, -0.05) is 10.3 Å². The van der Waals surface area contributed by atoms with E-state index in [2.05, 4.69) is 20.6 Å². The normalized spacial score (nSPS) is 10.6. The minimum absolute atomic E-state index is 0.138. The van der Waals surface area contributed by atoms with Gasteiger partial charge in [0.25, 0.3) is 11.8 Å². The van der Waals surface area contributed by atoms with Crippen molar-refractivity contribution < 1.29 is 13.8 Å². The standard InChI is InChI=1S/C11H8N4O3S/c1-6-13-11(18-15-6)9-7(3-5-19-9)14-10(16)8-2-4-12-17-8/h2-5H,1H3,(H,14,16). The van der Waals surface area contributed by atoms with E-state index in [4.69, 9.17) is 9.05 Å². The highest BCUT2D eigenvalue weighted by Gasteiger charge is 2.17. The third-order valence-corrected chi connectivity index (χ3v) is 3.20. The summed E-state index contributed by atoms with van der Waals surface area (Å²) >= 11 is 1.40. The van der Waals surface area contributed by atoms with Gasteiger partial charge in [0.2, 0.25) is 5.76 Å². The van der Waals surface area contributed by atoms with E-state index >= 15 is 0 Å². The number of anilines is 1. The highest BCUT2D eigenvalue weighted by molar-refractivity contribution is 7.14. The number of hydrogen-bond acceptors (Lipinski definition) is 7. The summed E-state index contributed by atoms with van der Waals surface area (Å²) in [7, 11) is 0. The fourth-order valence-electron chi connectivity index (χ4n) is 1.48. The molecule has 1 amide bonds. The quantitative estimate of drug-likeness (QED) is 0.789. The van der Waals surface area contributed by atoms with Crippen LogP contribution in [0.15, 0.2) is 32.8 Å². The average Bonchev–Trinajstić information content (AvgIpc) is 3.08. The van der Waals surface area contributed by atoms with Gasteiger partial charge in [0.1, 0.15) is 4.88 Å². The summed E-state index contributed by atoms with van der Waals surface area (Å²) in [6.07, 6.45) is 1.41. The van der Waals surface area contributed by atoms with Crippen LogP contribution in [-0.4, -0.2) is 21.2 Å². The fourth-order valence-corrected chi connectivity index (χ4v) is 2.25. The van der Waals surface area contributed by atoms with Crippen molar-refractivity contribution in [3.8, 4) is 10.8 Å². The highest BCUT2D eigenvalue weighted by atomic mass is 32.1. The maximum Gasteiger partial charge on any atom is 0.294 e. The first-order chi connectivity index (χ1) is 9.24. The molecule has 0 fully saturated rings. The Balaban J connectivity index is 1.87. The summed E-state index contributed by atoms with van der Waals surface area (Å²) in [4.78, 5) is 16.7. The molecule has 8 heteroatoms. The third-order valence-electron chi connectivity index (χ3n) is 2.30. The molecule has 1 N–H and O–H groups in total. The van der Waals surface area contributed by atoms with Gasteiger partial charge < -0.3 is 14.4 Å². The van der Waals surface area contributed by atoms with Crippen LogP contribution in [0.2, 0.25) is 0 Å². The second kappa shape index (κ2) is 4.65. The molecule has 0 aromatic carbocycles. The first-order valence-corrected chi connectivity index (χ1v) is 6.22. The summed E-state index contributed by atoms with van der Waals surface area (Å²) in [6, 6.07) is 3.24. The van der Waals surface area contributed by atoms with Crippen LogP contribution in [0.5, 0.6) is 0 Å². The zero-order chi connectivity index (χ0) is 13.2. The van der Waals surface area contributed by atoms with E-state index in [0.717, 1.165) is 0 Å². The van der Waals surface area contributed by atoms with Crippen molar-refractivity contribution in [2.45, 2.75) is 6.92 Å². The molecule has 3 aromatic heterocycles. The first kappa shape index (κ1) is 11.6. The van der Waals surface area contributed by atoms with Crippen molar-refractivity contribution >= 4 is 22.9 Å². The van der Waals surface area contributed by atoms with Crippen molar-refractivity contribution in [2.24, 2.45) is 0 Å². The van der Waals surface area contributed by atoms with Crippen molar-refractivity contribution in [2.75, 3.05) is 5.32 Å². The van der Waals surface area contributed by atoms with E-state index in [-0.39, 0.29) is 11.7 Å². The number of amides is 1. The Hall–Kier alpha value is -2.48. The molecule has 0 aliphatic heterocycles. The number of carbonyl (C=O) groups excluding carboxylic acids is 1. The molecule has 7 nitrogen and oxygen atoms in total. The number of carbonyl (C=O) groups is 1. The molecular weight excluding hydrogens is 268 g/mol. The highest BCUT2D eigenvalue weighted by Crippen LogP contribution is 2.32. The van der Waals surface area contributed by atoms with Gasteiger partial charge in [0.15, 0.2) is 5.82 Å². The van der Waals surface area contributed by atoms with Crippen LogP contribution < -0.4 is 5.32 Å². The topological polar surface area (TPSA) is 94.1 Å². The van der Waals surface area contributed by atoms with E-state index in [1.165, 1.54) is 23.6 Å². The fraction of sp³-hybridized carbons (Fsp3) is 0.0909. The molecule has 19 heavy (non-hydrogen) atoms. The average molecular weight is 276 g/mol. The SMILES string of the molecule is Cc1noc(-c2sccc2NC(=O)c2ccno2)n1. The zero-order valence-corrected chi connectivity index (χ0v) is 10.6. The molecule has 0 spiro atoms. The van der Waals surface area contributed by atoms with E-state index < -0.39 is 0 Å². The van der Waals surface area contributed by atoms with Gasteiger partial charge in [-0.15, -0.1) is 11.3 Å². The van der Waals surface area contributed by atoms with Crippen LogP contribution in [0, 0.1) is 6.92 Å². The van der Waals surface area contributed by atoms with Gasteiger partial charge in [0.05, 0.1) is 11.9 Å². The van der Waals surface area contributed by atoms with E-state index in [9.17, 15) is 4.79 Å². The Kier molecular flexibility index (Phi) is 2.84. The predicted octanol–water partition coefficient (Wildman–Crippen LogP) is 2.35. The molecule has 3 heterocycles. The predicted molar refractivity (Wildman–Crippen MR) is 66.8 cm³/mol. The van der Waals surface area contributed by atoms with Gasteiger partial charge >= 0.3 is 0 Å². The molecule has 0 saturated carbocycles. The smallest absolute Gasteiger partial charge is 0.294 e. The first-order valence-electron chi connectivity index (χ1n) is 5.34. The monoisotopic (exact) mass is 276 g/mol. The maximum absolute atomic E-state index is 11.9. The molecule has 0 atom stereocenters. The molecule has 0 radical (unpaired) electrons. The van der Waals surface area contributed by atoms with E-state index in [0.29, 0.717) is 22.3 Å². The second-order valence-electron chi connectivity index (χ2n) is 3.64. The van der Waals surface area contributed by atoms with Crippen LogP contribution in [0.25, 0.3) is 10.8 Å². The summed E-state index contributed by atoms with van der Waals surface area (Å²) < 4.78 is 9.87. The van der Waals surface area contributed by atoms with Gasteiger partial charge in [-0.3, -0.25) is 4.79 Å². The molecule has 0 bridgehead atoms. The number of nitrogens with one attached hydrogen (secondary N) is 1. The minimum Gasteiger partial charge on any atom is -0.351 e. The van der Waals surface area contributed by atoms with Crippen molar-refractivity contribution in [1.29, 1.82) is 0 Å². The van der Waals surface area contributed by atoms with Crippen molar-refractivity contribution in [3.63, 3.8) is 0 Å². The van der Waals surface area contributed by atoms with Gasteiger partial charge in [0, 0.05) is 6.07 Å². The maximum atomic E-state index is 11.9. The van der Waals surface area contributed by atoms with Gasteiger partial charge in [-0.2, -0.15) is 4.98 Å². The van der Waals surface area contributed by atoms with Crippen LogP contribution >= 0.6 is 11.3 Å². The molecular formula is C11H8N4O3S.